The van der Waals surface area contributed by atoms with E-state index in [1.807, 2.05) is 0 Å². The minimum Gasteiger partial charge on any atom is -0.465 e. The molecule has 1 unspecified atom stereocenters. The van der Waals surface area contributed by atoms with E-state index in [9.17, 15) is 4.79 Å². The number of thioether (sulfide) groups is 1. The number of rotatable bonds is 4. The van der Waals surface area contributed by atoms with Crippen LogP contribution in [0.25, 0.3) is 0 Å². The molecule has 0 aromatic carbocycles. The van der Waals surface area contributed by atoms with Crippen molar-refractivity contribution in [2.45, 2.75) is 31.0 Å². The van der Waals surface area contributed by atoms with Crippen molar-refractivity contribution < 1.29 is 9.53 Å². The van der Waals surface area contributed by atoms with Crippen LogP contribution in [0.3, 0.4) is 0 Å². The van der Waals surface area contributed by atoms with Crippen LogP contribution in [-0.4, -0.2) is 23.3 Å². The van der Waals surface area contributed by atoms with Crippen LogP contribution in [0.4, 0.5) is 0 Å². The van der Waals surface area contributed by atoms with E-state index in [1.54, 1.807) is 30.1 Å². The molecule has 4 heteroatoms. The van der Waals surface area contributed by atoms with E-state index in [0.717, 1.165) is 5.03 Å². The molecule has 1 aromatic heterocycles. The summed E-state index contributed by atoms with van der Waals surface area (Å²) in [4.78, 5) is 15.6. The Morgan fingerprint density at radius 2 is 2.12 bits per heavy atom. The van der Waals surface area contributed by atoms with Crippen LogP contribution in [-0.2, 0) is 4.74 Å². The monoisotopic (exact) mass is 239 g/mol. The number of ether oxygens (including phenoxy) is 1. The quantitative estimate of drug-likeness (QED) is 0.598. The largest absolute Gasteiger partial charge is 0.465 e. The Bertz CT molecular complexity index is 366. The molecule has 1 atom stereocenters. The molecule has 0 bridgehead atoms. The van der Waals surface area contributed by atoms with Gasteiger partial charge < -0.3 is 4.74 Å². The van der Waals surface area contributed by atoms with Gasteiger partial charge in [-0.1, -0.05) is 20.8 Å². The van der Waals surface area contributed by atoms with E-state index in [4.69, 9.17) is 0 Å². The maximum atomic E-state index is 11.3. The SMILES string of the molecule is COC(=O)c1ccnc(SC(C)C(C)C)c1. The van der Waals surface area contributed by atoms with Gasteiger partial charge in [0.1, 0.15) is 0 Å². The summed E-state index contributed by atoms with van der Waals surface area (Å²) >= 11 is 1.67. The summed E-state index contributed by atoms with van der Waals surface area (Å²) in [5.74, 6) is 0.259. The minimum atomic E-state index is -0.318. The highest BCUT2D eigenvalue weighted by atomic mass is 32.2. The van der Waals surface area contributed by atoms with E-state index in [-0.39, 0.29) is 5.97 Å². The van der Waals surface area contributed by atoms with Gasteiger partial charge in [-0.05, 0) is 18.1 Å². The Morgan fingerprint density at radius 3 is 2.69 bits per heavy atom. The first-order valence-electron chi connectivity index (χ1n) is 5.25. The van der Waals surface area contributed by atoms with E-state index in [1.165, 1.54) is 7.11 Å². The van der Waals surface area contributed by atoms with Gasteiger partial charge in [0.05, 0.1) is 17.7 Å². The fourth-order valence-electron chi connectivity index (χ4n) is 1.05. The molecule has 0 spiro atoms. The number of pyridine rings is 1. The van der Waals surface area contributed by atoms with Crippen LogP contribution < -0.4 is 0 Å². The van der Waals surface area contributed by atoms with Gasteiger partial charge in [0.2, 0.25) is 0 Å². The van der Waals surface area contributed by atoms with E-state index in [2.05, 4.69) is 30.5 Å². The minimum absolute atomic E-state index is 0.318. The van der Waals surface area contributed by atoms with Crippen LogP contribution in [0, 0.1) is 5.92 Å². The van der Waals surface area contributed by atoms with Crippen molar-refractivity contribution in [3.8, 4) is 0 Å². The van der Waals surface area contributed by atoms with E-state index >= 15 is 0 Å². The molecule has 1 heterocycles. The number of carbonyl (C=O) groups is 1. The number of hydrogen-bond donors (Lipinski definition) is 0. The second kappa shape index (κ2) is 5.89. The number of esters is 1. The zero-order valence-electron chi connectivity index (χ0n) is 10.1. The van der Waals surface area contributed by atoms with Crippen molar-refractivity contribution in [3.63, 3.8) is 0 Å². The summed E-state index contributed by atoms with van der Waals surface area (Å²) in [5, 5.41) is 1.34. The fraction of sp³-hybridized carbons (Fsp3) is 0.500. The van der Waals surface area contributed by atoms with Crippen LogP contribution >= 0.6 is 11.8 Å². The molecule has 16 heavy (non-hydrogen) atoms. The summed E-state index contributed by atoms with van der Waals surface area (Å²) in [7, 11) is 1.38. The standard InChI is InChI=1S/C12H17NO2S/c1-8(2)9(3)16-11-7-10(5-6-13-11)12(14)15-4/h5-9H,1-4H3. The van der Waals surface area contributed by atoms with Gasteiger partial charge in [0, 0.05) is 11.4 Å². The second-order valence-corrected chi connectivity index (χ2v) is 5.34. The molecule has 1 aromatic rings. The number of aromatic nitrogens is 1. The Balaban J connectivity index is 2.78. The lowest BCUT2D eigenvalue weighted by molar-refractivity contribution is 0.0600. The van der Waals surface area contributed by atoms with E-state index < -0.39 is 0 Å². The lowest BCUT2D eigenvalue weighted by atomic mass is 10.2. The van der Waals surface area contributed by atoms with Gasteiger partial charge >= 0.3 is 5.97 Å². The predicted molar refractivity (Wildman–Crippen MR) is 65.7 cm³/mol. The first-order chi connectivity index (χ1) is 7.54. The molecule has 88 valence electrons. The topological polar surface area (TPSA) is 39.2 Å². The molecule has 0 radical (unpaired) electrons. The summed E-state index contributed by atoms with van der Waals surface area (Å²) in [6.07, 6.45) is 1.64. The Morgan fingerprint density at radius 1 is 1.44 bits per heavy atom. The normalized spacial score (nSPS) is 12.6. The first-order valence-corrected chi connectivity index (χ1v) is 6.13. The number of carbonyl (C=O) groups excluding carboxylic acids is 1. The van der Waals surface area contributed by atoms with Crippen LogP contribution in [0.5, 0.6) is 0 Å². The fourth-order valence-corrected chi connectivity index (χ4v) is 2.02. The van der Waals surface area contributed by atoms with Gasteiger partial charge in [-0.3, -0.25) is 0 Å². The molecular formula is C12H17NO2S. The molecule has 0 saturated carbocycles. The molecule has 1 rings (SSSR count). The smallest absolute Gasteiger partial charge is 0.337 e. The van der Waals surface area contributed by atoms with Crippen molar-refractivity contribution in [1.29, 1.82) is 0 Å². The van der Waals surface area contributed by atoms with Gasteiger partial charge in [-0.15, -0.1) is 11.8 Å². The summed E-state index contributed by atoms with van der Waals surface area (Å²) in [6.45, 7) is 6.49. The molecule has 0 aliphatic carbocycles. The van der Waals surface area contributed by atoms with Gasteiger partial charge in [-0.25, -0.2) is 9.78 Å². The zero-order valence-corrected chi connectivity index (χ0v) is 10.9. The van der Waals surface area contributed by atoms with Crippen molar-refractivity contribution in [2.75, 3.05) is 7.11 Å². The van der Waals surface area contributed by atoms with Crippen LogP contribution in [0.2, 0.25) is 0 Å². The predicted octanol–water partition coefficient (Wildman–Crippen LogP) is 3.00. The molecule has 0 amide bonds. The summed E-state index contributed by atoms with van der Waals surface area (Å²) < 4.78 is 4.67. The Hall–Kier alpha value is -1.03. The summed E-state index contributed by atoms with van der Waals surface area (Å²) in [5.41, 5.74) is 0.552. The maximum absolute atomic E-state index is 11.3. The molecular weight excluding hydrogens is 222 g/mol. The number of methoxy groups -OCH3 is 1. The first kappa shape index (κ1) is 13.0. The molecule has 0 fully saturated rings. The van der Waals surface area contributed by atoms with Crippen molar-refractivity contribution in [2.24, 2.45) is 5.92 Å². The van der Waals surface area contributed by atoms with Gasteiger partial charge in [0.25, 0.3) is 0 Å². The average Bonchev–Trinajstić information content (AvgIpc) is 2.28. The Labute approximate surface area is 101 Å². The van der Waals surface area contributed by atoms with Crippen molar-refractivity contribution in [1.82, 2.24) is 4.98 Å². The average molecular weight is 239 g/mol. The van der Waals surface area contributed by atoms with Crippen LogP contribution in [0.1, 0.15) is 31.1 Å². The highest BCUT2D eigenvalue weighted by Crippen LogP contribution is 2.26. The number of nitrogens with zero attached hydrogens (tertiary/aromatic N) is 1. The molecule has 0 aliphatic heterocycles. The lowest BCUT2D eigenvalue weighted by Gasteiger charge is -2.14. The maximum Gasteiger partial charge on any atom is 0.337 e. The molecule has 0 aliphatic rings. The van der Waals surface area contributed by atoms with Crippen molar-refractivity contribution >= 4 is 17.7 Å². The van der Waals surface area contributed by atoms with Crippen molar-refractivity contribution in [3.05, 3.63) is 23.9 Å². The van der Waals surface area contributed by atoms with Crippen LogP contribution in [0.15, 0.2) is 23.4 Å². The third-order valence-electron chi connectivity index (χ3n) is 2.40. The lowest BCUT2D eigenvalue weighted by Crippen LogP contribution is -2.06. The second-order valence-electron chi connectivity index (χ2n) is 3.94. The van der Waals surface area contributed by atoms with Gasteiger partial charge in [0.15, 0.2) is 0 Å². The molecule has 0 N–H and O–H groups in total. The van der Waals surface area contributed by atoms with E-state index in [0.29, 0.717) is 16.7 Å². The summed E-state index contributed by atoms with van der Waals surface area (Å²) in [6, 6.07) is 3.44. The Kier molecular flexibility index (Phi) is 4.80. The highest BCUT2D eigenvalue weighted by Gasteiger charge is 2.12. The molecule has 3 nitrogen and oxygen atoms in total. The molecule has 0 saturated heterocycles. The third-order valence-corrected chi connectivity index (χ3v) is 3.78. The highest BCUT2D eigenvalue weighted by molar-refractivity contribution is 7.99. The van der Waals surface area contributed by atoms with Gasteiger partial charge in [-0.2, -0.15) is 0 Å². The third kappa shape index (κ3) is 3.52. The number of hydrogen-bond acceptors (Lipinski definition) is 4. The zero-order chi connectivity index (χ0) is 12.1.